The number of aldehydes is 1. The quantitative estimate of drug-likeness (QED) is 0.471. The third-order valence-electron chi connectivity index (χ3n) is 3.08. The van der Waals surface area contributed by atoms with Crippen molar-refractivity contribution in [3.05, 3.63) is 12.7 Å². The number of allylic oxidation sites excluding steroid dienone is 1. The predicted molar refractivity (Wildman–Crippen MR) is 72.1 cm³/mol. The first-order valence-corrected chi connectivity index (χ1v) is 6.49. The Labute approximate surface area is 118 Å². The number of ketones is 1. The molecule has 0 radical (unpaired) electrons. The standard InChI is InChI=1S/C14H21NO5/c1-5-6-9-7-15(13(19)20-14(2,3)4)11(12(9)18)10(17)8-16/h5,8-9,11-12,18H,1,6-7H2,2-4H3/t9-,11+,12+/m0/s1. The summed E-state index contributed by atoms with van der Waals surface area (Å²) in [7, 11) is 0. The van der Waals surface area contributed by atoms with Gasteiger partial charge in [0.25, 0.3) is 0 Å². The highest BCUT2D eigenvalue weighted by atomic mass is 16.6. The van der Waals surface area contributed by atoms with Gasteiger partial charge >= 0.3 is 6.09 Å². The highest BCUT2D eigenvalue weighted by Crippen LogP contribution is 2.28. The van der Waals surface area contributed by atoms with Crippen LogP contribution in [0.3, 0.4) is 0 Å². The molecule has 0 bridgehead atoms. The first-order valence-electron chi connectivity index (χ1n) is 6.49. The number of ether oxygens (including phenoxy) is 1. The predicted octanol–water partition coefficient (Wildman–Crippen LogP) is 0.927. The van der Waals surface area contributed by atoms with Crippen molar-refractivity contribution in [3.63, 3.8) is 0 Å². The lowest BCUT2D eigenvalue weighted by molar-refractivity contribution is -0.134. The first-order chi connectivity index (χ1) is 9.21. The van der Waals surface area contributed by atoms with Gasteiger partial charge in [-0.1, -0.05) is 6.08 Å². The molecule has 1 saturated heterocycles. The molecule has 3 atom stereocenters. The molecule has 0 aromatic rings. The van der Waals surface area contributed by atoms with E-state index in [9.17, 15) is 19.5 Å². The summed E-state index contributed by atoms with van der Waals surface area (Å²) in [6.07, 6.45) is 0.390. The average Bonchev–Trinajstić information content (AvgIpc) is 2.65. The van der Waals surface area contributed by atoms with Gasteiger partial charge in [0.15, 0.2) is 6.29 Å². The largest absolute Gasteiger partial charge is 0.444 e. The number of rotatable bonds is 4. The molecule has 112 valence electrons. The molecule has 20 heavy (non-hydrogen) atoms. The Morgan fingerprint density at radius 3 is 2.50 bits per heavy atom. The van der Waals surface area contributed by atoms with Gasteiger partial charge in [-0.25, -0.2) is 4.79 Å². The zero-order valence-corrected chi connectivity index (χ0v) is 12.0. The number of amides is 1. The lowest BCUT2D eigenvalue weighted by Gasteiger charge is -2.27. The van der Waals surface area contributed by atoms with Crippen molar-refractivity contribution >= 4 is 18.2 Å². The SMILES string of the molecule is C=CC[C@H]1CN(C(=O)OC(C)(C)C)[C@H](C(=O)C=O)[C@@H]1O. The summed E-state index contributed by atoms with van der Waals surface area (Å²) in [6, 6.07) is -1.17. The Morgan fingerprint density at radius 1 is 1.45 bits per heavy atom. The molecule has 0 unspecified atom stereocenters. The third kappa shape index (κ3) is 3.66. The van der Waals surface area contributed by atoms with Crippen LogP contribution in [0, 0.1) is 5.92 Å². The van der Waals surface area contributed by atoms with Gasteiger partial charge in [0.1, 0.15) is 11.6 Å². The number of nitrogens with zero attached hydrogens (tertiary/aromatic N) is 1. The molecule has 1 fully saturated rings. The minimum Gasteiger partial charge on any atom is -0.444 e. The number of carbonyl (C=O) groups excluding carboxylic acids is 3. The van der Waals surface area contributed by atoms with E-state index in [1.165, 1.54) is 0 Å². The van der Waals surface area contributed by atoms with E-state index in [1.807, 2.05) is 0 Å². The van der Waals surface area contributed by atoms with Crippen molar-refractivity contribution in [2.75, 3.05) is 6.54 Å². The topological polar surface area (TPSA) is 83.9 Å². The van der Waals surface area contributed by atoms with Gasteiger partial charge < -0.3 is 9.84 Å². The molecular formula is C14H21NO5. The second-order valence-electron chi connectivity index (χ2n) is 5.87. The monoisotopic (exact) mass is 283 g/mol. The van der Waals surface area contributed by atoms with Crippen LogP contribution in [0.25, 0.3) is 0 Å². The Balaban J connectivity index is 2.96. The molecule has 0 saturated carbocycles. The zero-order chi connectivity index (χ0) is 15.5. The van der Waals surface area contributed by atoms with Crippen LogP contribution in [0.15, 0.2) is 12.7 Å². The fourth-order valence-electron chi connectivity index (χ4n) is 2.24. The van der Waals surface area contributed by atoms with E-state index < -0.39 is 29.6 Å². The maximum atomic E-state index is 12.1. The van der Waals surface area contributed by atoms with Gasteiger partial charge in [0, 0.05) is 12.5 Å². The molecule has 1 heterocycles. The first kappa shape index (κ1) is 16.4. The molecule has 6 heteroatoms. The lowest BCUT2D eigenvalue weighted by atomic mass is 9.97. The average molecular weight is 283 g/mol. The minimum atomic E-state index is -1.17. The number of hydrogen-bond acceptors (Lipinski definition) is 5. The number of likely N-dealkylation sites (tertiary alicyclic amines) is 1. The Morgan fingerprint density at radius 2 is 2.05 bits per heavy atom. The van der Waals surface area contributed by atoms with Gasteiger partial charge in [-0.05, 0) is 27.2 Å². The molecule has 1 N–H and O–H groups in total. The number of hydrogen-bond donors (Lipinski definition) is 1. The summed E-state index contributed by atoms with van der Waals surface area (Å²) >= 11 is 0. The lowest BCUT2D eigenvalue weighted by Crippen LogP contribution is -2.47. The molecule has 1 amide bonds. The van der Waals surface area contributed by atoms with Crippen LogP contribution >= 0.6 is 0 Å². The van der Waals surface area contributed by atoms with E-state index >= 15 is 0 Å². The van der Waals surface area contributed by atoms with E-state index in [4.69, 9.17) is 4.74 Å². The highest BCUT2D eigenvalue weighted by Gasteiger charge is 2.47. The summed E-state index contributed by atoms with van der Waals surface area (Å²) in [4.78, 5) is 35.6. The van der Waals surface area contributed by atoms with Crippen LogP contribution < -0.4 is 0 Å². The second kappa shape index (κ2) is 6.17. The summed E-state index contributed by atoms with van der Waals surface area (Å²) < 4.78 is 5.20. The van der Waals surface area contributed by atoms with Crippen molar-refractivity contribution in [2.45, 2.75) is 44.9 Å². The van der Waals surface area contributed by atoms with Crippen molar-refractivity contribution in [1.82, 2.24) is 4.90 Å². The Bertz CT molecular complexity index is 412. The molecular weight excluding hydrogens is 262 g/mol. The molecule has 0 aliphatic carbocycles. The maximum absolute atomic E-state index is 12.1. The molecule has 0 spiro atoms. The Kier molecular flexibility index (Phi) is 5.05. The number of aliphatic hydroxyl groups is 1. The van der Waals surface area contributed by atoms with Gasteiger partial charge in [-0.3, -0.25) is 14.5 Å². The highest BCUT2D eigenvalue weighted by molar-refractivity contribution is 6.28. The van der Waals surface area contributed by atoms with Gasteiger partial charge in [-0.15, -0.1) is 6.58 Å². The van der Waals surface area contributed by atoms with Gasteiger partial charge in [0.2, 0.25) is 5.78 Å². The Hall–Kier alpha value is -1.69. The number of aliphatic hydroxyl groups excluding tert-OH is 1. The summed E-state index contributed by atoms with van der Waals surface area (Å²) in [5, 5.41) is 10.1. The summed E-state index contributed by atoms with van der Waals surface area (Å²) in [6.45, 7) is 8.85. The maximum Gasteiger partial charge on any atom is 0.411 e. The van der Waals surface area contributed by atoms with Crippen molar-refractivity contribution in [3.8, 4) is 0 Å². The third-order valence-corrected chi connectivity index (χ3v) is 3.08. The molecule has 1 rings (SSSR count). The van der Waals surface area contributed by atoms with Crippen LogP contribution in [-0.4, -0.2) is 52.5 Å². The van der Waals surface area contributed by atoms with Crippen LogP contribution in [0.4, 0.5) is 4.79 Å². The van der Waals surface area contributed by atoms with E-state index in [0.717, 1.165) is 4.90 Å². The zero-order valence-electron chi connectivity index (χ0n) is 12.0. The van der Waals surface area contributed by atoms with E-state index in [0.29, 0.717) is 6.42 Å². The minimum absolute atomic E-state index is 0.127. The van der Waals surface area contributed by atoms with Crippen molar-refractivity contribution < 1.29 is 24.2 Å². The van der Waals surface area contributed by atoms with Crippen LogP contribution in [-0.2, 0) is 14.3 Å². The van der Waals surface area contributed by atoms with Gasteiger partial charge in [-0.2, -0.15) is 0 Å². The van der Waals surface area contributed by atoms with Crippen LogP contribution in [0.2, 0.25) is 0 Å². The van der Waals surface area contributed by atoms with Crippen LogP contribution in [0.1, 0.15) is 27.2 Å². The molecule has 0 aromatic carbocycles. The van der Waals surface area contributed by atoms with E-state index in [1.54, 1.807) is 26.8 Å². The second-order valence-corrected chi connectivity index (χ2v) is 5.87. The van der Waals surface area contributed by atoms with Crippen molar-refractivity contribution in [2.24, 2.45) is 5.92 Å². The molecule has 1 aliphatic heterocycles. The number of carbonyl (C=O) groups is 3. The van der Waals surface area contributed by atoms with Gasteiger partial charge in [0.05, 0.1) is 6.10 Å². The van der Waals surface area contributed by atoms with Crippen LogP contribution in [0.5, 0.6) is 0 Å². The fourth-order valence-corrected chi connectivity index (χ4v) is 2.24. The van der Waals surface area contributed by atoms with Crippen molar-refractivity contribution in [1.29, 1.82) is 0 Å². The number of Topliss-reactive ketones (excluding diaryl/α,β-unsaturated/α-hetero) is 1. The van der Waals surface area contributed by atoms with E-state index in [-0.39, 0.29) is 18.7 Å². The van der Waals surface area contributed by atoms with E-state index in [2.05, 4.69) is 6.58 Å². The summed E-state index contributed by atoms with van der Waals surface area (Å²) in [5.74, 6) is -1.15. The molecule has 1 aliphatic rings. The molecule has 0 aromatic heterocycles. The normalized spacial score (nSPS) is 26.2. The smallest absolute Gasteiger partial charge is 0.411 e. The molecule has 6 nitrogen and oxygen atoms in total. The fraction of sp³-hybridized carbons (Fsp3) is 0.643. The summed E-state index contributed by atoms with van der Waals surface area (Å²) in [5.41, 5.74) is -0.715.